The second kappa shape index (κ2) is 5.28. The van der Waals surface area contributed by atoms with Crippen molar-refractivity contribution < 1.29 is 13.5 Å². The third kappa shape index (κ3) is 2.47. The van der Waals surface area contributed by atoms with Crippen LogP contribution in [-0.2, 0) is 16.6 Å². The fraction of sp³-hybridized carbons (Fsp3) is 0.667. The van der Waals surface area contributed by atoms with Gasteiger partial charge in [-0.1, -0.05) is 6.92 Å². The molecule has 2 unspecified atom stereocenters. The number of nitrogens with zero attached hydrogens (tertiary/aromatic N) is 1. The average molecular weight is 289 g/mol. The van der Waals surface area contributed by atoms with Crippen LogP contribution in [0, 0.1) is 5.92 Å². The lowest BCUT2D eigenvalue weighted by molar-refractivity contribution is 0.202. The fourth-order valence-corrected chi connectivity index (χ4v) is 5.45. The van der Waals surface area contributed by atoms with Crippen molar-refractivity contribution in [2.75, 3.05) is 6.54 Å². The monoisotopic (exact) mass is 289 g/mol. The maximum absolute atomic E-state index is 12.5. The maximum Gasteiger partial charge on any atom is 0.252 e. The summed E-state index contributed by atoms with van der Waals surface area (Å²) in [7, 11) is -3.39. The molecule has 1 aliphatic heterocycles. The first kappa shape index (κ1) is 14.0. The number of hydrogen-bond donors (Lipinski definition) is 1. The Balaban J connectivity index is 2.30. The fourth-order valence-electron chi connectivity index (χ4n) is 2.33. The molecule has 2 atom stereocenters. The molecule has 6 heteroatoms. The Morgan fingerprint density at radius 3 is 2.78 bits per heavy atom. The largest absolute Gasteiger partial charge is 0.391 e. The summed E-state index contributed by atoms with van der Waals surface area (Å²) in [6.45, 7) is 4.56. The summed E-state index contributed by atoms with van der Waals surface area (Å²) in [4.78, 5) is 0.686. The van der Waals surface area contributed by atoms with Crippen LogP contribution in [-0.4, -0.2) is 30.4 Å². The Morgan fingerprint density at radius 1 is 1.44 bits per heavy atom. The Labute approximate surface area is 112 Å². The van der Waals surface area contributed by atoms with Crippen molar-refractivity contribution >= 4 is 21.4 Å². The van der Waals surface area contributed by atoms with Gasteiger partial charge in [-0.3, -0.25) is 0 Å². The molecule has 0 bridgehead atoms. The highest BCUT2D eigenvalue weighted by Gasteiger charge is 2.35. The molecule has 1 aliphatic rings. The molecule has 1 fully saturated rings. The van der Waals surface area contributed by atoms with E-state index in [1.165, 1.54) is 0 Å². The molecular formula is C12H19NO3S2. The molecule has 0 saturated carbocycles. The van der Waals surface area contributed by atoms with E-state index in [0.29, 0.717) is 21.5 Å². The predicted molar refractivity (Wildman–Crippen MR) is 72.0 cm³/mol. The normalized spacial score (nSPS) is 26.4. The van der Waals surface area contributed by atoms with Crippen LogP contribution in [0.25, 0.3) is 0 Å². The molecule has 0 amide bonds. The van der Waals surface area contributed by atoms with E-state index < -0.39 is 10.0 Å². The molecule has 1 aromatic rings. The summed E-state index contributed by atoms with van der Waals surface area (Å²) >= 11 is 1.16. The molecule has 0 aromatic carbocycles. The number of hydrogen-bond acceptors (Lipinski definition) is 4. The van der Waals surface area contributed by atoms with Gasteiger partial charge in [-0.25, -0.2) is 8.42 Å². The van der Waals surface area contributed by atoms with E-state index >= 15 is 0 Å². The molecule has 0 spiro atoms. The lowest BCUT2D eigenvalue weighted by Crippen LogP contribution is -2.45. The quantitative estimate of drug-likeness (QED) is 0.926. The minimum Gasteiger partial charge on any atom is -0.391 e. The second-order valence-corrected chi connectivity index (χ2v) is 8.14. The van der Waals surface area contributed by atoms with Gasteiger partial charge < -0.3 is 5.11 Å². The van der Waals surface area contributed by atoms with Crippen LogP contribution in [0.1, 0.15) is 31.6 Å². The van der Waals surface area contributed by atoms with Gasteiger partial charge in [-0.15, -0.1) is 11.3 Å². The van der Waals surface area contributed by atoms with Gasteiger partial charge in [-0.2, -0.15) is 4.31 Å². The lowest BCUT2D eigenvalue weighted by Gasteiger charge is -2.36. The maximum atomic E-state index is 12.5. The SMILES string of the molecule is CC1CCCN(S(=O)(=O)c2ccc(CO)s2)C1C. The summed E-state index contributed by atoms with van der Waals surface area (Å²) in [5.74, 6) is 0.394. The van der Waals surface area contributed by atoms with Crippen molar-refractivity contribution in [1.82, 2.24) is 4.31 Å². The zero-order valence-electron chi connectivity index (χ0n) is 10.7. The summed E-state index contributed by atoms with van der Waals surface area (Å²) in [5.41, 5.74) is 0. The van der Waals surface area contributed by atoms with Crippen LogP contribution in [0.3, 0.4) is 0 Å². The Bertz CT molecular complexity index is 509. The first-order valence-electron chi connectivity index (χ1n) is 6.18. The highest BCUT2D eigenvalue weighted by atomic mass is 32.2. The molecule has 18 heavy (non-hydrogen) atoms. The van der Waals surface area contributed by atoms with Crippen LogP contribution in [0.2, 0.25) is 0 Å². The van der Waals surface area contributed by atoms with Crippen molar-refractivity contribution in [3.63, 3.8) is 0 Å². The average Bonchev–Trinajstić information content (AvgIpc) is 2.81. The Morgan fingerprint density at radius 2 is 2.17 bits per heavy atom. The number of sulfonamides is 1. The zero-order chi connectivity index (χ0) is 13.3. The van der Waals surface area contributed by atoms with Gasteiger partial charge in [0.25, 0.3) is 10.0 Å². The van der Waals surface area contributed by atoms with Crippen LogP contribution in [0.4, 0.5) is 0 Å². The predicted octanol–water partition coefficient (Wildman–Crippen LogP) is 2.05. The van der Waals surface area contributed by atoms with Crippen LogP contribution in [0.5, 0.6) is 0 Å². The van der Waals surface area contributed by atoms with Crippen molar-refractivity contribution in [3.8, 4) is 0 Å². The van der Waals surface area contributed by atoms with Gasteiger partial charge in [0.1, 0.15) is 4.21 Å². The minimum absolute atomic E-state index is 0.0448. The number of aliphatic hydroxyl groups excluding tert-OH is 1. The van der Waals surface area contributed by atoms with E-state index in [4.69, 9.17) is 5.11 Å². The van der Waals surface area contributed by atoms with Gasteiger partial charge in [0, 0.05) is 17.5 Å². The third-order valence-electron chi connectivity index (χ3n) is 3.67. The smallest absolute Gasteiger partial charge is 0.252 e. The summed E-state index contributed by atoms with van der Waals surface area (Å²) in [6.07, 6.45) is 2.00. The lowest BCUT2D eigenvalue weighted by atomic mass is 9.94. The zero-order valence-corrected chi connectivity index (χ0v) is 12.3. The van der Waals surface area contributed by atoms with E-state index in [1.807, 2.05) is 6.92 Å². The van der Waals surface area contributed by atoms with E-state index in [1.54, 1.807) is 16.4 Å². The van der Waals surface area contributed by atoms with E-state index in [0.717, 1.165) is 24.2 Å². The van der Waals surface area contributed by atoms with Gasteiger partial charge in [0.05, 0.1) is 6.61 Å². The summed E-state index contributed by atoms with van der Waals surface area (Å²) < 4.78 is 27.0. The Kier molecular flexibility index (Phi) is 4.11. The Hall–Kier alpha value is -0.430. The van der Waals surface area contributed by atoms with Gasteiger partial charge in [0.2, 0.25) is 0 Å². The van der Waals surface area contributed by atoms with Crippen molar-refractivity contribution in [1.29, 1.82) is 0 Å². The molecule has 2 rings (SSSR count). The van der Waals surface area contributed by atoms with Gasteiger partial charge >= 0.3 is 0 Å². The molecule has 2 heterocycles. The van der Waals surface area contributed by atoms with E-state index in [2.05, 4.69) is 6.92 Å². The van der Waals surface area contributed by atoms with Gasteiger partial charge in [-0.05, 0) is 37.8 Å². The minimum atomic E-state index is -3.39. The molecule has 0 aliphatic carbocycles. The molecular weight excluding hydrogens is 270 g/mol. The topological polar surface area (TPSA) is 57.6 Å². The second-order valence-electron chi connectivity index (χ2n) is 4.85. The summed E-state index contributed by atoms with van der Waals surface area (Å²) in [5, 5.41) is 9.02. The first-order chi connectivity index (χ1) is 8.46. The van der Waals surface area contributed by atoms with E-state index in [9.17, 15) is 8.42 Å². The molecule has 1 aromatic heterocycles. The van der Waals surface area contributed by atoms with Crippen LogP contribution in [0.15, 0.2) is 16.3 Å². The standard InChI is InChI=1S/C12H19NO3S2/c1-9-4-3-7-13(10(9)2)18(15,16)12-6-5-11(8-14)17-12/h5-6,9-10,14H,3-4,7-8H2,1-2H3. The molecule has 4 nitrogen and oxygen atoms in total. The van der Waals surface area contributed by atoms with Crippen LogP contribution < -0.4 is 0 Å². The highest BCUT2D eigenvalue weighted by molar-refractivity contribution is 7.91. The third-order valence-corrected chi connectivity index (χ3v) is 7.20. The molecule has 1 saturated heterocycles. The highest BCUT2D eigenvalue weighted by Crippen LogP contribution is 2.31. The summed E-state index contributed by atoms with van der Waals surface area (Å²) in [6, 6.07) is 3.32. The van der Waals surface area contributed by atoms with Crippen molar-refractivity contribution in [2.24, 2.45) is 5.92 Å². The van der Waals surface area contributed by atoms with Gasteiger partial charge in [0.15, 0.2) is 0 Å². The number of aliphatic hydroxyl groups is 1. The van der Waals surface area contributed by atoms with Crippen LogP contribution >= 0.6 is 11.3 Å². The van der Waals surface area contributed by atoms with Crippen molar-refractivity contribution in [3.05, 3.63) is 17.0 Å². The number of rotatable bonds is 3. The molecule has 1 N–H and O–H groups in total. The molecule has 102 valence electrons. The first-order valence-corrected chi connectivity index (χ1v) is 8.44. The van der Waals surface area contributed by atoms with E-state index in [-0.39, 0.29) is 12.6 Å². The molecule has 0 radical (unpaired) electrons. The van der Waals surface area contributed by atoms with Crippen molar-refractivity contribution in [2.45, 2.75) is 43.5 Å². The number of thiophene rings is 1. The number of piperidine rings is 1.